The number of benzene rings is 2. The molecule has 0 heterocycles. The van der Waals surface area contributed by atoms with Gasteiger partial charge in [-0.25, -0.2) is 4.39 Å². The van der Waals surface area contributed by atoms with Crippen molar-refractivity contribution in [3.8, 4) is 11.5 Å². The van der Waals surface area contributed by atoms with Crippen molar-refractivity contribution in [2.24, 2.45) is 0 Å². The number of hydrogen-bond acceptors (Lipinski definition) is 4. The highest BCUT2D eigenvalue weighted by molar-refractivity contribution is 6.33. The number of halogens is 2. The Morgan fingerprint density at radius 3 is 2.46 bits per heavy atom. The van der Waals surface area contributed by atoms with Crippen LogP contribution in [0.3, 0.4) is 0 Å². The molecule has 1 amide bonds. The summed E-state index contributed by atoms with van der Waals surface area (Å²) < 4.78 is 23.4. The van der Waals surface area contributed by atoms with Crippen LogP contribution < -0.4 is 20.1 Å². The van der Waals surface area contributed by atoms with Crippen molar-refractivity contribution in [3.05, 3.63) is 47.2 Å². The Balaban J connectivity index is 2.06. The van der Waals surface area contributed by atoms with E-state index in [2.05, 4.69) is 10.6 Å². The average molecular weight is 353 g/mol. The lowest BCUT2D eigenvalue weighted by Gasteiger charge is -2.17. The van der Waals surface area contributed by atoms with Crippen molar-refractivity contribution in [3.63, 3.8) is 0 Å². The minimum absolute atomic E-state index is 0.140. The fraction of sp³-hybridized carbons (Fsp3) is 0.235. The number of ether oxygens (including phenoxy) is 2. The van der Waals surface area contributed by atoms with Gasteiger partial charge in [0.2, 0.25) is 5.91 Å². The number of nitrogens with one attached hydrogen (secondary N) is 2. The number of carbonyl (C=O) groups is 1. The van der Waals surface area contributed by atoms with Crippen molar-refractivity contribution in [2.45, 2.75) is 13.0 Å². The molecule has 128 valence electrons. The summed E-state index contributed by atoms with van der Waals surface area (Å²) in [5.74, 6) is 0.378. The first-order valence-corrected chi connectivity index (χ1v) is 7.57. The van der Waals surface area contributed by atoms with Gasteiger partial charge in [-0.05, 0) is 37.3 Å². The first-order chi connectivity index (χ1) is 11.4. The van der Waals surface area contributed by atoms with Crippen LogP contribution in [0.1, 0.15) is 6.92 Å². The van der Waals surface area contributed by atoms with Gasteiger partial charge in [0.1, 0.15) is 11.9 Å². The van der Waals surface area contributed by atoms with Crippen molar-refractivity contribution in [2.75, 3.05) is 24.9 Å². The van der Waals surface area contributed by atoms with E-state index >= 15 is 0 Å². The third-order valence-electron chi connectivity index (χ3n) is 3.35. The zero-order valence-corrected chi connectivity index (χ0v) is 14.3. The summed E-state index contributed by atoms with van der Waals surface area (Å²) in [5.41, 5.74) is 1.05. The second kappa shape index (κ2) is 7.88. The number of hydrogen-bond donors (Lipinski definition) is 2. The number of methoxy groups -OCH3 is 2. The van der Waals surface area contributed by atoms with Gasteiger partial charge in [-0.2, -0.15) is 0 Å². The van der Waals surface area contributed by atoms with Crippen LogP contribution in [0.4, 0.5) is 15.8 Å². The van der Waals surface area contributed by atoms with Crippen LogP contribution in [0, 0.1) is 5.82 Å². The maximum atomic E-state index is 13.0. The Morgan fingerprint density at radius 2 is 1.83 bits per heavy atom. The zero-order valence-electron chi connectivity index (χ0n) is 13.5. The zero-order chi connectivity index (χ0) is 17.7. The predicted octanol–water partition coefficient (Wildman–Crippen LogP) is 3.94. The molecule has 1 atom stereocenters. The van der Waals surface area contributed by atoms with Gasteiger partial charge in [-0.1, -0.05) is 11.6 Å². The second-order valence-electron chi connectivity index (χ2n) is 5.05. The molecule has 5 nitrogen and oxygen atoms in total. The summed E-state index contributed by atoms with van der Waals surface area (Å²) in [6, 6.07) is 8.48. The number of rotatable bonds is 6. The minimum Gasteiger partial charge on any atom is -0.493 e. The standard InChI is InChI=1S/C17H18ClFN2O3/c1-10(17(22)21-14-6-4-11(19)8-13(14)18)20-12-5-7-15(23-2)16(9-12)24-3/h4-10,20H,1-3H3,(H,21,22)/t10-/m0/s1. The van der Waals surface area contributed by atoms with Crippen LogP contribution in [0.25, 0.3) is 0 Å². The normalized spacial score (nSPS) is 11.5. The Bertz CT molecular complexity index is 740. The van der Waals surface area contributed by atoms with Gasteiger partial charge in [0.15, 0.2) is 11.5 Å². The lowest BCUT2D eigenvalue weighted by atomic mass is 10.2. The minimum atomic E-state index is -0.552. The highest BCUT2D eigenvalue weighted by Crippen LogP contribution is 2.30. The predicted molar refractivity (Wildman–Crippen MR) is 92.7 cm³/mol. The summed E-state index contributed by atoms with van der Waals surface area (Å²) in [5, 5.41) is 5.85. The highest BCUT2D eigenvalue weighted by Gasteiger charge is 2.15. The lowest BCUT2D eigenvalue weighted by molar-refractivity contribution is -0.116. The van der Waals surface area contributed by atoms with E-state index in [0.717, 1.165) is 6.07 Å². The van der Waals surface area contributed by atoms with E-state index < -0.39 is 11.9 Å². The maximum Gasteiger partial charge on any atom is 0.246 e. The molecule has 0 aliphatic carbocycles. The summed E-state index contributed by atoms with van der Waals surface area (Å²) in [4.78, 5) is 12.2. The van der Waals surface area contributed by atoms with Gasteiger partial charge < -0.3 is 20.1 Å². The molecule has 2 N–H and O–H groups in total. The van der Waals surface area contributed by atoms with Crippen molar-refractivity contribution >= 4 is 28.9 Å². The number of amides is 1. The Kier molecular flexibility index (Phi) is 5.87. The molecule has 0 aliphatic rings. The smallest absolute Gasteiger partial charge is 0.246 e. The summed E-state index contributed by atoms with van der Waals surface area (Å²) in [6.07, 6.45) is 0. The van der Waals surface area contributed by atoms with Crippen LogP contribution in [0.5, 0.6) is 11.5 Å². The maximum absolute atomic E-state index is 13.0. The van der Waals surface area contributed by atoms with Crippen LogP contribution in [0.15, 0.2) is 36.4 Å². The fourth-order valence-corrected chi connectivity index (χ4v) is 2.29. The molecular formula is C17H18ClFN2O3. The van der Waals surface area contributed by atoms with Gasteiger partial charge in [-0.3, -0.25) is 4.79 Å². The first kappa shape index (κ1) is 17.9. The topological polar surface area (TPSA) is 59.6 Å². The van der Waals surface area contributed by atoms with E-state index in [1.54, 1.807) is 32.2 Å². The van der Waals surface area contributed by atoms with Gasteiger partial charge in [0, 0.05) is 11.8 Å². The van der Waals surface area contributed by atoms with Crippen LogP contribution in [-0.2, 0) is 4.79 Å². The van der Waals surface area contributed by atoms with Crippen LogP contribution >= 0.6 is 11.6 Å². The fourth-order valence-electron chi connectivity index (χ4n) is 2.07. The third kappa shape index (κ3) is 4.29. The molecule has 0 aromatic heterocycles. The molecular weight excluding hydrogens is 335 g/mol. The third-order valence-corrected chi connectivity index (χ3v) is 3.66. The number of anilines is 2. The van der Waals surface area contributed by atoms with Gasteiger partial charge >= 0.3 is 0 Å². The number of carbonyl (C=O) groups excluding carboxylic acids is 1. The Morgan fingerprint density at radius 1 is 1.12 bits per heavy atom. The molecule has 0 bridgehead atoms. The molecule has 0 aliphatic heterocycles. The molecule has 24 heavy (non-hydrogen) atoms. The van der Waals surface area contributed by atoms with E-state index in [4.69, 9.17) is 21.1 Å². The molecule has 0 radical (unpaired) electrons. The monoisotopic (exact) mass is 352 g/mol. The van der Waals surface area contributed by atoms with Gasteiger partial charge in [0.25, 0.3) is 0 Å². The van der Waals surface area contributed by atoms with Crippen LogP contribution in [0.2, 0.25) is 5.02 Å². The van der Waals surface area contributed by atoms with Crippen LogP contribution in [-0.4, -0.2) is 26.2 Å². The molecule has 2 rings (SSSR count). The molecule has 0 unspecified atom stereocenters. The van der Waals surface area contributed by atoms with E-state index in [0.29, 0.717) is 22.9 Å². The molecule has 0 saturated heterocycles. The molecule has 2 aromatic rings. The Labute approximate surface area is 144 Å². The van der Waals surface area contributed by atoms with Crippen molar-refractivity contribution < 1.29 is 18.7 Å². The lowest BCUT2D eigenvalue weighted by Crippen LogP contribution is -2.31. The molecule has 0 spiro atoms. The Hall–Kier alpha value is -2.47. The SMILES string of the molecule is COc1ccc(N[C@@H](C)C(=O)Nc2ccc(F)cc2Cl)cc1OC. The van der Waals surface area contributed by atoms with Gasteiger partial charge in [0.05, 0.1) is 24.9 Å². The first-order valence-electron chi connectivity index (χ1n) is 7.19. The summed E-state index contributed by atoms with van der Waals surface area (Å²) in [6.45, 7) is 1.70. The average Bonchev–Trinajstić information content (AvgIpc) is 2.57. The largest absolute Gasteiger partial charge is 0.493 e. The summed E-state index contributed by atoms with van der Waals surface area (Å²) >= 11 is 5.91. The molecule has 0 saturated carbocycles. The van der Waals surface area contributed by atoms with Gasteiger partial charge in [-0.15, -0.1) is 0 Å². The molecule has 2 aromatic carbocycles. The van der Waals surface area contributed by atoms with E-state index in [1.165, 1.54) is 19.2 Å². The highest BCUT2D eigenvalue weighted by atomic mass is 35.5. The second-order valence-corrected chi connectivity index (χ2v) is 5.46. The quantitative estimate of drug-likeness (QED) is 0.826. The van der Waals surface area contributed by atoms with Crippen molar-refractivity contribution in [1.82, 2.24) is 0 Å². The van der Waals surface area contributed by atoms with E-state index in [-0.39, 0.29) is 10.9 Å². The molecule has 7 heteroatoms. The van der Waals surface area contributed by atoms with Crippen molar-refractivity contribution in [1.29, 1.82) is 0 Å². The summed E-state index contributed by atoms with van der Waals surface area (Å²) in [7, 11) is 3.09. The van der Waals surface area contributed by atoms with E-state index in [9.17, 15) is 9.18 Å². The molecule has 0 fully saturated rings. The van der Waals surface area contributed by atoms with E-state index in [1.807, 2.05) is 0 Å².